The first kappa shape index (κ1) is 14.1. The summed E-state index contributed by atoms with van der Waals surface area (Å²) in [5.41, 5.74) is 9.37. The molecule has 0 radical (unpaired) electrons. The molecule has 2 rings (SSSR count). The third-order valence-corrected chi connectivity index (χ3v) is 3.38. The number of hydrogen-bond acceptors (Lipinski definition) is 2. The summed E-state index contributed by atoms with van der Waals surface area (Å²) in [4.78, 5) is 12.2. The second kappa shape index (κ2) is 6.24. The van der Waals surface area contributed by atoms with Crippen LogP contribution in [0, 0.1) is 0 Å². The zero-order valence-electron chi connectivity index (χ0n) is 11.9. The first-order valence-corrected chi connectivity index (χ1v) is 6.85. The van der Waals surface area contributed by atoms with Gasteiger partial charge in [-0.15, -0.1) is 0 Å². The van der Waals surface area contributed by atoms with E-state index in [0.717, 1.165) is 12.0 Å². The number of nitrogens with one attached hydrogen (secondary N) is 1. The Balaban J connectivity index is 2.06. The van der Waals surface area contributed by atoms with Crippen molar-refractivity contribution >= 4 is 11.6 Å². The van der Waals surface area contributed by atoms with Gasteiger partial charge < -0.3 is 11.1 Å². The van der Waals surface area contributed by atoms with E-state index >= 15 is 0 Å². The van der Waals surface area contributed by atoms with Crippen LogP contribution in [0.4, 0.5) is 5.69 Å². The molecule has 0 heterocycles. The molecule has 1 unspecified atom stereocenters. The van der Waals surface area contributed by atoms with E-state index in [0.29, 0.717) is 11.3 Å². The lowest BCUT2D eigenvalue weighted by Crippen LogP contribution is -2.26. The van der Waals surface area contributed by atoms with Crippen molar-refractivity contribution < 1.29 is 4.79 Å². The number of benzene rings is 2. The maximum atomic E-state index is 12.2. The second-order valence-electron chi connectivity index (χ2n) is 4.92. The average molecular weight is 268 g/mol. The van der Waals surface area contributed by atoms with E-state index < -0.39 is 0 Å². The molecule has 1 atom stereocenters. The highest BCUT2D eigenvalue weighted by molar-refractivity contribution is 5.94. The van der Waals surface area contributed by atoms with E-state index in [4.69, 9.17) is 5.73 Å². The topological polar surface area (TPSA) is 55.1 Å². The van der Waals surface area contributed by atoms with Gasteiger partial charge in [-0.2, -0.15) is 0 Å². The number of nitrogens with two attached hydrogens (primary N) is 1. The normalized spacial score (nSPS) is 11.9. The summed E-state index contributed by atoms with van der Waals surface area (Å²) in [5, 5.41) is 2.98. The predicted octanol–water partition coefficient (Wildman–Crippen LogP) is 3.32. The Labute approximate surface area is 119 Å². The molecule has 0 saturated carbocycles. The van der Waals surface area contributed by atoms with Crippen LogP contribution in [0.1, 0.15) is 41.4 Å². The summed E-state index contributed by atoms with van der Waals surface area (Å²) in [6.45, 7) is 4.05. The number of carbonyl (C=O) groups is 1. The summed E-state index contributed by atoms with van der Waals surface area (Å²) >= 11 is 0. The molecule has 3 heteroatoms. The van der Waals surface area contributed by atoms with Gasteiger partial charge in [-0.3, -0.25) is 4.79 Å². The van der Waals surface area contributed by atoms with E-state index in [-0.39, 0.29) is 11.9 Å². The molecule has 104 valence electrons. The number of amides is 1. The third-order valence-electron chi connectivity index (χ3n) is 3.38. The van der Waals surface area contributed by atoms with E-state index in [9.17, 15) is 4.79 Å². The zero-order valence-corrected chi connectivity index (χ0v) is 11.9. The maximum Gasteiger partial charge on any atom is 0.251 e. The molecule has 0 aliphatic rings. The lowest BCUT2D eigenvalue weighted by molar-refractivity contribution is 0.0940. The quantitative estimate of drug-likeness (QED) is 0.836. The van der Waals surface area contributed by atoms with Crippen LogP contribution < -0.4 is 11.1 Å². The molecular weight excluding hydrogens is 248 g/mol. The van der Waals surface area contributed by atoms with Gasteiger partial charge >= 0.3 is 0 Å². The van der Waals surface area contributed by atoms with Crippen molar-refractivity contribution in [1.29, 1.82) is 0 Å². The van der Waals surface area contributed by atoms with Crippen LogP contribution in [-0.4, -0.2) is 5.91 Å². The molecule has 0 aliphatic carbocycles. The van der Waals surface area contributed by atoms with Crippen LogP contribution in [0.3, 0.4) is 0 Å². The Hall–Kier alpha value is -2.29. The molecule has 0 spiro atoms. The van der Waals surface area contributed by atoms with Gasteiger partial charge in [-0.25, -0.2) is 0 Å². The van der Waals surface area contributed by atoms with E-state index in [1.54, 1.807) is 0 Å². The van der Waals surface area contributed by atoms with Crippen molar-refractivity contribution in [3.8, 4) is 0 Å². The summed E-state index contributed by atoms with van der Waals surface area (Å²) < 4.78 is 0. The first-order chi connectivity index (χ1) is 9.60. The largest absolute Gasteiger partial charge is 0.399 e. The van der Waals surface area contributed by atoms with Crippen molar-refractivity contribution in [3.63, 3.8) is 0 Å². The molecule has 3 N–H and O–H groups in total. The minimum Gasteiger partial charge on any atom is -0.399 e. The fourth-order valence-electron chi connectivity index (χ4n) is 2.08. The number of hydrogen-bond donors (Lipinski definition) is 2. The molecule has 0 bridgehead atoms. The van der Waals surface area contributed by atoms with Crippen molar-refractivity contribution in [3.05, 3.63) is 65.2 Å². The molecule has 0 aliphatic heterocycles. The van der Waals surface area contributed by atoms with Gasteiger partial charge in [-0.1, -0.05) is 31.2 Å². The van der Waals surface area contributed by atoms with Crippen LogP contribution in [0.25, 0.3) is 0 Å². The van der Waals surface area contributed by atoms with Crippen molar-refractivity contribution in [1.82, 2.24) is 5.32 Å². The highest BCUT2D eigenvalue weighted by Gasteiger charge is 2.11. The first-order valence-electron chi connectivity index (χ1n) is 6.85. The molecule has 1 amide bonds. The van der Waals surface area contributed by atoms with Crippen LogP contribution in [0.15, 0.2) is 48.5 Å². The number of carbonyl (C=O) groups excluding carboxylic acids is 1. The Morgan fingerprint density at radius 2 is 1.90 bits per heavy atom. The van der Waals surface area contributed by atoms with Gasteiger partial charge in [0.2, 0.25) is 0 Å². The monoisotopic (exact) mass is 268 g/mol. The number of aryl methyl sites for hydroxylation is 1. The van der Waals surface area contributed by atoms with Gasteiger partial charge in [0.1, 0.15) is 0 Å². The fraction of sp³-hybridized carbons (Fsp3) is 0.235. The minimum absolute atomic E-state index is 0.0671. The Bertz CT molecular complexity index is 590. The summed E-state index contributed by atoms with van der Waals surface area (Å²) in [5.74, 6) is -0.0671. The zero-order chi connectivity index (χ0) is 14.5. The number of nitrogen functional groups attached to an aromatic ring is 1. The van der Waals surface area contributed by atoms with Gasteiger partial charge in [0.05, 0.1) is 6.04 Å². The molecule has 0 fully saturated rings. The van der Waals surface area contributed by atoms with Crippen LogP contribution in [0.5, 0.6) is 0 Å². The minimum atomic E-state index is -0.0724. The summed E-state index contributed by atoms with van der Waals surface area (Å²) in [7, 11) is 0. The van der Waals surface area contributed by atoms with Crippen LogP contribution in [-0.2, 0) is 6.42 Å². The number of rotatable bonds is 4. The molecular formula is C17H20N2O. The van der Waals surface area contributed by atoms with Crippen LogP contribution >= 0.6 is 0 Å². The van der Waals surface area contributed by atoms with E-state index in [2.05, 4.69) is 12.2 Å². The SMILES string of the molecule is CCc1ccc(C(=O)NC(C)c2cccc(N)c2)cc1. The Morgan fingerprint density at radius 3 is 2.50 bits per heavy atom. The van der Waals surface area contributed by atoms with Gasteiger partial charge in [0.15, 0.2) is 0 Å². The summed E-state index contributed by atoms with van der Waals surface area (Å²) in [6, 6.07) is 15.2. The third kappa shape index (κ3) is 3.38. The highest BCUT2D eigenvalue weighted by atomic mass is 16.1. The van der Waals surface area contributed by atoms with Crippen molar-refractivity contribution in [2.45, 2.75) is 26.3 Å². The van der Waals surface area contributed by atoms with Gasteiger partial charge in [-0.05, 0) is 48.7 Å². The van der Waals surface area contributed by atoms with E-state index in [1.807, 2.05) is 55.5 Å². The summed E-state index contributed by atoms with van der Waals surface area (Å²) in [6.07, 6.45) is 0.974. The second-order valence-corrected chi connectivity index (χ2v) is 4.92. The standard InChI is InChI=1S/C17H20N2O/c1-3-13-7-9-14(10-8-13)17(20)19-12(2)15-5-4-6-16(18)11-15/h4-12H,3,18H2,1-2H3,(H,19,20). The smallest absolute Gasteiger partial charge is 0.251 e. The van der Waals surface area contributed by atoms with Crippen molar-refractivity contribution in [2.75, 3.05) is 5.73 Å². The molecule has 2 aromatic rings. The van der Waals surface area contributed by atoms with E-state index in [1.165, 1.54) is 5.56 Å². The Morgan fingerprint density at radius 1 is 1.20 bits per heavy atom. The molecule has 20 heavy (non-hydrogen) atoms. The van der Waals surface area contributed by atoms with Crippen LogP contribution in [0.2, 0.25) is 0 Å². The van der Waals surface area contributed by atoms with Gasteiger partial charge in [0, 0.05) is 11.3 Å². The maximum absolute atomic E-state index is 12.2. The molecule has 0 aromatic heterocycles. The number of anilines is 1. The Kier molecular flexibility index (Phi) is 4.41. The molecule has 3 nitrogen and oxygen atoms in total. The highest BCUT2D eigenvalue weighted by Crippen LogP contribution is 2.16. The molecule has 0 saturated heterocycles. The predicted molar refractivity (Wildman–Crippen MR) is 82.6 cm³/mol. The molecule has 2 aromatic carbocycles. The average Bonchev–Trinajstić information content (AvgIpc) is 2.47. The lowest BCUT2D eigenvalue weighted by Gasteiger charge is -2.15. The lowest BCUT2D eigenvalue weighted by atomic mass is 10.1. The fourth-order valence-corrected chi connectivity index (χ4v) is 2.08. The van der Waals surface area contributed by atoms with Gasteiger partial charge in [0.25, 0.3) is 5.91 Å². The van der Waals surface area contributed by atoms with Crippen molar-refractivity contribution in [2.24, 2.45) is 0 Å².